The molecule has 1 saturated heterocycles. The van der Waals surface area contributed by atoms with Gasteiger partial charge in [0.05, 0.1) is 25.9 Å². The topological polar surface area (TPSA) is 47.9 Å². The fourth-order valence-corrected chi connectivity index (χ4v) is 1.95. The van der Waals surface area contributed by atoms with Gasteiger partial charge in [-0.05, 0) is 12.5 Å². The van der Waals surface area contributed by atoms with Crippen molar-refractivity contribution in [2.75, 3.05) is 19.8 Å². The lowest BCUT2D eigenvalue weighted by atomic mass is 10.1. The highest BCUT2D eigenvalue weighted by Crippen LogP contribution is 2.29. The van der Waals surface area contributed by atoms with Crippen molar-refractivity contribution in [1.29, 1.82) is 0 Å². The lowest BCUT2D eigenvalue weighted by Crippen LogP contribution is -2.14. The van der Waals surface area contributed by atoms with Crippen molar-refractivity contribution >= 4 is 0 Å². The highest BCUT2D eigenvalue weighted by Gasteiger charge is 2.22. The number of aliphatic hydroxyl groups excluding tert-OH is 1. The first kappa shape index (κ1) is 13.3. The van der Waals surface area contributed by atoms with Gasteiger partial charge in [0.1, 0.15) is 5.75 Å². The first-order valence-electron chi connectivity index (χ1n) is 6.44. The van der Waals surface area contributed by atoms with Crippen LogP contribution in [0.2, 0.25) is 0 Å². The highest BCUT2D eigenvalue weighted by molar-refractivity contribution is 5.35. The van der Waals surface area contributed by atoms with E-state index in [4.69, 9.17) is 14.2 Å². The highest BCUT2D eigenvalue weighted by atomic mass is 16.7. The standard InChI is InChI=1S/C14H20O4/c1-2-7-16-13-6-4-3-5-11(13)12(15)10-14-17-8-9-18-14/h3-6,12,14-15H,2,7-10H2,1H3. The maximum Gasteiger partial charge on any atom is 0.160 e. The van der Waals surface area contributed by atoms with Crippen molar-refractivity contribution in [3.05, 3.63) is 29.8 Å². The van der Waals surface area contributed by atoms with Gasteiger partial charge >= 0.3 is 0 Å². The number of aliphatic hydroxyl groups is 1. The summed E-state index contributed by atoms with van der Waals surface area (Å²) in [5.74, 6) is 0.741. The van der Waals surface area contributed by atoms with Crippen molar-refractivity contribution in [1.82, 2.24) is 0 Å². The van der Waals surface area contributed by atoms with Crippen LogP contribution in [0.1, 0.15) is 31.4 Å². The average molecular weight is 252 g/mol. The zero-order chi connectivity index (χ0) is 12.8. The summed E-state index contributed by atoms with van der Waals surface area (Å²) in [4.78, 5) is 0. The van der Waals surface area contributed by atoms with Crippen molar-refractivity contribution in [2.45, 2.75) is 32.2 Å². The Morgan fingerprint density at radius 1 is 1.33 bits per heavy atom. The molecule has 1 unspecified atom stereocenters. The first-order chi connectivity index (χ1) is 8.81. The van der Waals surface area contributed by atoms with Crippen LogP contribution in [0, 0.1) is 0 Å². The van der Waals surface area contributed by atoms with E-state index in [1.165, 1.54) is 0 Å². The van der Waals surface area contributed by atoms with Crippen LogP contribution in [-0.2, 0) is 9.47 Å². The number of para-hydroxylation sites is 1. The number of ether oxygens (including phenoxy) is 3. The van der Waals surface area contributed by atoms with Gasteiger partial charge in [-0.2, -0.15) is 0 Å². The van der Waals surface area contributed by atoms with Gasteiger partial charge < -0.3 is 19.3 Å². The second-order valence-electron chi connectivity index (χ2n) is 4.31. The van der Waals surface area contributed by atoms with E-state index in [-0.39, 0.29) is 6.29 Å². The van der Waals surface area contributed by atoms with Crippen LogP contribution in [0.15, 0.2) is 24.3 Å². The van der Waals surface area contributed by atoms with E-state index >= 15 is 0 Å². The van der Waals surface area contributed by atoms with Crippen molar-refractivity contribution in [3.8, 4) is 5.75 Å². The minimum absolute atomic E-state index is 0.306. The largest absolute Gasteiger partial charge is 0.493 e. The van der Waals surface area contributed by atoms with Crippen LogP contribution >= 0.6 is 0 Å². The Morgan fingerprint density at radius 2 is 2.06 bits per heavy atom. The molecule has 100 valence electrons. The maximum atomic E-state index is 10.2. The molecule has 0 bridgehead atoms. The molecule has 1 aromatic rings. The molecule has 1 heterocycles. The number of benzene rings is 1. The Labute approximate surface area is 107 Å². The van der Waals surface area contributed by atoms with Gasteiger partial charge in [0.2, 0.25) is 0 Å². The molecule has 1 fully saturated rings. The Kier molecular flexibility index (Phi) is 4.99. The summed E-state index contributed by atoms with van der Waals surface area (Å²) < 4.78 is 16.3. The van der Waals surface area contributed by atoms with Gasteiger partial charge in [0.15, 0.2) is 6.29 Å². The summed E-state index contributed by atoms with van der Waals surface area (Å²) in [6, 6.07) is 7.56. The van der Waals surface area contributed by atoms with Crippen LogP contribution in [-0.4, -0.2) is 31.2 Å². The van der Waals surface area contributed by atoms with Crippen molar-refractivity contribution in [2.24, 2.45) is 0 Å². The SMILES string of the molecule is CCCOc1ccccc1C(O)CC1OCCO1. The molecule has 0 aliphatic carbocycles. The Bertz CT molecular complexity index is 361. The van der Waals surface area contributed by atoms with E-state index in [9.17, 15) is 5.11 Å². The summed E-state index contributed by atoms with van der Waals surface area (Å²) in [6.45, 7) is 3.91. The molecule has 1 N–H and O–H groups in total. The van der Waals surface area contributed by atoms with Gasteiger partial charge in [-0.3, -0.25) is 0 Å². The smallest absolute Gasteiger partial charge is 0.160 e. The predicted molar refractivity (Wildman–Crippen MR) is 67.5 cm³/mol. The predicted octanol–water partition coefficient (Wildman–Crippen LogP) is 2.27. The fourth-order valence-electron chi connectivity index (χ4n) is 1.95. The van der Waals surface area contributed by atoms with E-state index in [2.05, 4.69) is 6.92 Å². The molecule has 18 heavy (non-hydrogen) atoms. The molecule has 0 saturated carbocycles. The van der Waals surface area contributed by atoms with Crippen LogP contribution in [0.5, 0.6) is 5.75 Å². The molecule has 1 atom stereocenters. The van der Waals surface area contributed by atoms with Gasteiger partial charge in [-0.25, -0.2) is 0 Å². The zero-order valence-corrected chi connectivity index (χ0v) is 10.7. The number of hydrogen-bond donors (Lipinski definition) is 1. The molecule has 4 heteroatoms. The van der Waals surface area contributed by atoms with Crippen molar-refractivity contribution < 1.29 is 19.3 Å². The van der Waals surface area contributed by atoms with Gasteiger partial charge in [0, 0.05) is 12.0 Å². The molecule has 0 radical (unpaired) electrons. The van der Waals surface area contributed by atoms with Crippen LogP contribution < -0.4 is 4.74 Å². The lowest BCUT2D eigenvalue weighted by molar-refractivity contribution is -0.0710. The van der Waals surface area contributed by atoms with Crippen LogP contribution in [0.3, 0.4) is 0 Å². The Morgan fingerprint density at radius 3 is 2.78 bits per heavy atom. The molecule has 0 amide bonds. The monoisotopic (exact) mass is 252 g/mol. The molecule has 2 rings (SSSR count). The summed E-state index contributed by atoms with van der Waals surface area (Å²) in [6.07, 6.45) is 0.451. The van der Waals surface area contributed by atoms with E-state index in [1.807, 2.05) is 24.3 Å². The Balaban J connectivity index is 2.00. The molecule has 4 nitrogen and oxygen atoms in total. The third-order valence-corrected chi connectivity index (χ3v) is 2.85. The van der Waals surface area contributed by atoms with Gasteiger partial charge in [0.25, 0.3) is 0 Å². The van der Waals surface area contributed by atoms with E-state index < -0.39 is 6.10 Å². The Hall–Kier alpha value is -1.10. The van der Waals surface area contributed by atoms with Gasteiger partial charge in [-0.1, -0.05) is 25.1 Å². The van der Waals surface area contributed by atoms with E-state index in [1.54, 1.807) is 0 Å². The maximum absolute atomic E-state index is 10.2. The molecule has 1 aromatic carbocycles. The normalized spacial score (nSPS) is 17.9. The van der Waals surface area contributed by atoms with Gasteiger partial charge in [-0.15, -0.1) is 0 Å². The average Bonchev–Trinajstić information content (AvgIpc) is 2.89. The second kappa shape index (κ2) is 6.73. The number of hydrogen-bond acceptors (Lipinski definition) is 4. The fraction of sp³-hybridized carbons (Fsp3) is 0.571. The van der Waals surface area contributed by atoms with Crippen LogP contribution in [0.4, 0.5) is 0 Å². The molecular weight excluding hydrogens is 232 g/mol. The third kappa shape index (κ3) is 3.45. The summed E-state index contributed by atoms with van der Waals surface area (Å²) >= 11 is 0. The molecular formula is C14H20O4. The minimum Gasteiger partial charge on any atom is -0.493 e. The van der Waals surface area contributed by atoms with Crippen molar-refractivity contribution in [3.63, 3.8) is 0 Å². The zero-order valence-electron chi connectivity index (χ0n) is 10.7. The summed E-state index contributed by atoms with van der Waals surface area (Å²) in [5.41, 5.74) is 0.796. The summed E-state index contributed by atoms with van der Waals surface area (Å²) in [5, 5.41) is 10.2. The quantitative estimate of drug-likeness (QED) is 0.843. The second-order valence-corrected chi connectivity index (χ2v) is 4.31. The first-order valence-corrected chi connectivity index (χ1v) is 6.44. The number of rotatable bonds is 6. The third-order valence-electron chi connectivity index (χ3n) is 2.85. The summed E-state index contributed by atoms with van der Waals surface area (Å²) in [7, 11) is 0. The molecule has 1 aliphatic heterocycles. The molecule has 0 spiro atoms. The molecule has 1 aliphatic rings. The van der Waals surface area contributed by atoms with E-state index in [0.29, 0.717) is 26.2 Å². The lowest BCUT2D eigenvalue weighted by Gasteiger charge is -2.18. The minimum atomic E-state index is -0.624. The van der Waals surface area contributed by atoms with E-state index in [0.717, 1.165) is 17.7 Å². The molecule has 0 aromatic heterocycles. The van der Waals surface area contributed by atoms with Crippen LogP contribution in [0.25, 0.3) is 0 Å².